The smallest absolute Gasteiger partial charge is 0.315 e. The van der Waals surface area contributed by atoms with Gasteiger partial charge in [-0.3, -0.25) is 0 Å². The highest BCUT2D eigenvalue weighted by Gasteiger charge is 2.33. The summed E-state index contributed by atoms with van der Waals surface area (Å²) >= 11 is 0. The van der Waals surface area contributed by atoms with Crippen LogP contribution >= 0.6 is 0 Å². The van der Waals surface area contributed by atoms with Crippen LogP contribution in [0.15, 0.2) is 0 Å². The number of hydrogen-bond donors (Lipinski definition) is 2. The predicted octanol–water partition coefficient (Wildman–Crippen LogP) is 1.64. The van der Waals surface area contributed by atoms with Crippen LogP contribution in [0.5, 0.6) is 0 Å². The minimum absolute atomic E-state index is 0.0350. The zero-order chi connectivity index (χ0) is 9.19. The molecule has 1 aliphatic carbocycles. The average molecular weight is 170 g/mol. The maximum absolute atomic E-state index is 11.2. The molecule has 2 amide bonds. The predicted molar refractivity (Wildman–Crippen MR) is 49.1 cm³/mol. The Labute approximate surface area is 73.9 Å². The van der Waals surface area contributed by atoms with Crippen molar-refractivity contribution in [3.63, 3.8) is 0 Å². The Morgan fingerprint density at radius 2 is 2.00 bits per heavy atom. The van der Waals surface area contributed by atoms with E-state index in [0.717, 1.165) is 12.8 Å². The van der Waals surface area contributed by atoms with Crippen molar-refractivity contribution in [2.24, 2.45) is 0 Å². The first kappa shape index (κ1) is 9.36. The summed E-state index contributed by atoms with van der Waals surface area (Å²) in [5.41, 5.74) is 0.0684. The molecule has 0 heterocycles. The van der Waals surface area contributed by atoms with E-state index in [0.29, 0.717) is 0 Å². The molecule has 1 saturated carbocycles. The molecule has 1 fully saturated rings. The molecule has 0 aromatic rings. The molecule has 0 atom stereocenters. The molecule has 0 radical (unpaired) electrons. The Bertz CT molecular complexity index is 173. The van der Waals surface area contributed by atoms with E-state index in [9.17, 15) is 4.79 Å². The van der Waals surface area contributed by atoms with Crippen molar-refractivity contribution < 1.29 is 4.79 Å². The summed E-state index contributed by atoms with van der Waals surface area (Å²) in [6, 6.07) is 0.181. The summed E-state index contributed by atoms with van der Waals surface area (Å²) in [7, 11) is 0. The zero-order valence-electron chi connectivity index (χ0n) is 8.11. The van der Waals surface area contributed by atoms with Gasteiger partial charge in [0.1, 0.15) is 0 Å². The van der Waals surface area contributed by atoms with E-state index in [-0.39, 0.29) is 17.6 Å². The van der Waals surface area contributed by atoms with E-state index in [1.807, 2.05) is 13.8 Å². The molecule has 0 aliphatic heterocycles. The standard InChI is InChI=1S/C9H18N2O/c1-7(2)10-8(12)11-9(3)5-4-6-9/h7H,4-6H2,1-3H3,(H2,10,11,12). The van der Waals surface area contributed by atoms with Crippen LogP contribution in [0.25, 0.3) is 0 Å². The molecule has 0 aromatic carbocycles. The second kappa shape index (κ2) is 3.33. The molecule has 1 aliphatic rings. The second-order valence-electron chi connectivity index (χ2n) is 4.17. The van der Waals surface area contributed by atoms with Gasteiger partial charge in [-0.15, -0.1) is 0 Å². The minimum Gasteiger partial charge on any atom is -0.336 e. The number of nitrogens with one attached hydrogen (secondary N) is 2. The van der Waals surface area contributed by atoms with Gasteiger partial charge in [-0.05, 0) is 40.0 Å². The summed E-state index contributed by atoms with van der Waals surface area (Å²) in [4.78, 5) is 11.2. The zero-order valence-corrected chi connectivity index (χ0v) is 8.11. The van der Waals surface area contributed by atoms with Crippen molar-refractivity contribution in [1.82, 2.24) is 10.6 Å². The summed E-state index contributed by atoms with van der Waals surface area (Å²) in [6.07, 6.45) is 3.45. The third-order valence-electron chi connectivity index (χ3n) is 2.29. The number of carbonyl (C=O) groups is 1. The Hall–Kier alpha value is -0.730. The highest BCUT2D eigenvalue weighted by atomic mass is 16.2. The average Bonchev–Trinajstić information content (AvgIpc) is 1.81. The molecule has 0 aromatic heterocycles. The number of amides is 2. The molecule has 0 saturated heterocycles. The van der Waals surface area contributed by atoms with Gasteiger partial charge in [0, 0.05) is 11.6 Å². The Kier molecular flexibility index (Phi) is 2.60. The van der Waals surface area contributed by atoms with Gasteiger partial charge in [0.15, 0.2) is 0 Å². The maximum Gasteiger partial charge on any atom is 0.315 e. The summed E-state index contributed by atoms with van der Waals surface area (Å²) in [5, 5.41) is 5.79. The fourth-order valence-electron chi connectivity index (χ4n) is 1.40. The SMILES string of the molecule is CC(C)NC(=O)NC1(C)CCC1. The third-order valence-corrected chi connectivity index (χ3v) is 2.29. The van der Waals surface area contributed by atoms with Crippen LogP contribution in [0.1, 0.15) is 40.0 Å². The lowest BCUT2D eigenvalue weighted by Gasteiger charge is -2.39. The highest BCUT2D eigenvalue weighted by molar-refractivity contribution is 5.75. The van der Waals surface area contributed by atoms with Gasteiger partial charge >= 0.3 is 6.03 Å². The van der Waals surface area contributed by atoms with Gasteiger partial charge in [-0.1, -0.05) is 0 Å². The molecule has 12 heavy (non-hydrogen) atoms. The van der Waals surface area contributed by atoms with Gasteiger partial charge in [0.2, 0.25) is 0 Å². The molecule has 70 valence electrons. The molecule has 2 N–H and O–H groups in total. The Morgan fingerprint density at radius 3 is 2.33 bits per heavy atom. The van der Waals surface area contributed by atoms with E-state index >= 15 is 0 Å². The number of carbonyl (C=O) groups excluding carboxylic acids is 1. The summed E-state index contributed by atoms with van der Waals surface area (Å²) < 4.78 is 0. The van der Waals surface area contributed by atoms with E-state index in [4.69, 9.17) is 0 Å². The van der Waals surface area contributed by atoms with Crippen molar-refractivity contribution in [1.29, 1.82) is 0 Å². The molecule has 1 rings (SSSR count). The fourth-order valence-corrected chi connectivity index (χ4v) is 1.40. The van der Waals surface area contributed by atoms with E-state index in [1.54, 1.807) is 0 Å². The minimum atomic E-state index is -0.0350. The Morgan fingerprint density at radius 1 is 1.42 bits per heavy atom. The highest BCUT2D eigenvalue weighted by Crippen LogP contribution is 2.30. The quantitative estimate of drug-likeness (QED) is 0.650. The molecule has 3 nitrogen and oxygen atoms in total. The van der Waals surface area contributed by atoms with Crippen molar-refractivity contribution >= 4 is 6.03 Å². The van der Waals surface area contributed by atoms with Crippen molar-refractivity contribution in [3.8, 4) is 0 Å². The molecular weight excluding hydrogens is 152 g/mol. The monoisotopic (exact) mass is 170 g/mol. The van der Waals surface area contributed by atoms with E-state index in [1.165, 1.54) is 6.42 Å². The lowest BCUT2D eigenvalue weighted by molar-refractivity contribution is 0.190. The van der Waals surface area contributed by atoms with Crippen molar-refractivity contribution in [3.05, 3.63) is 0 Å². The lowest BCUT2D eigenvalue weighted by atomic mass is 9.79. The normalized spacial score (nSPS) is 20.0. The first-order valence-electron chi connectivity index (χ1n) is 4.60. The summed E-state index contributed by atoms with van der Waals surface area (Å²) in [5.74, 6) is 0. The van der Waals surface area contributed by atoms with Gasteiger partial charge in [-0.2, -0.15) is 0 Å². The fraction of sp³-hybridized carbons (Fsp3) is 0.889. The first-order chi connectivity index (χ1) is 5.52. The molecule has 3 heteroatoms. The number of hydrogen-bond acceptors (Lipinski definition) is 1. The van der Waals surface area contributed by atoms with Gasteiger partial charge in [0.05, 0.1) is 0 Å². The van der Waals surface area contributed by atoms with Gasteiger partial charge < -0.3 is 10.6 Å². The van der Waals surface area contributed by atoms with Crippen LogP contribution in [-0.4, -0.2) is 17.6 Å². The second-order valence-corrected chi connectivity index (χ2v) is 4.17. The molecule has 0 spiro atoms. The molecule has 0 bridgehead atoms. The van der Waals surface area contributed by atoms with Crippen LogP contribution in [0.3, 0.4) is 0 Å². The number of rotatable bonds is 2. The van der Waals surface area contributed by atoms with Crippen LogP contribution in [0.4, 0.5) is 4.79 Å². The summed E-state index contributed by atoms with van der Waals surface area (Å²) in [6.45, 7) is 6.02. The topological polar surface area (TPSA) is 41.1 Å². The van der Waals surface area contributed by atoms with Gasteiger partial charge in [0.25, 0.3) is 0 Å². The lowest BCUT2D eigenvalue weighted by Crippen LogP contribution is -2.55. The first-order valence-corrected chi connectivity index (χ1v) is 4.60. The third kappa shape index (κ3) is 2.40. The van der Waals surface area contributed by atoms with Crippen LogP contribution in [-0.2, 0) is 0 Å². The van der Waals surface area contributed by atoms with Crippen LogP contribution < -0.4 is 10.6 Å². The van der Waals surface area contributed by atoms with E-state index < -0.39 is 0 Å². The van der Waals surface area contributed by atoms with Crippen LogP contribution in [0, 0.1) is 0 Å². The van der Waals surface area contributed by atoms with E-state index in [2.05, 4.69) is 17.6 Å². The van der Waals surface area contributed by atoms with Crippen molar-refractivity contribution in [2.45, 2.75) is 51.6 Å². The number of urea groups is 1. The Balaban J connectivity index is 2.26. The molecule has 0 unspecified atom stereocenters. The maximum atomic E-state index is 11.2. The van der Waals surface area contributed by atoms with Crippen LogP contribution in [0.2, 0.25) is 0 Å². The largest absolute Gasteiger partial charge is 0.336 e. The van der Waals surface area contributed by atoms with Gasteiger partial charge in [-0.25, -0.2) is 4.79 Å². The van der Waals surface area contributed by atoms with Crippen molar-refractivity contribution in [2.75, 3.05) is 0 Å². The molecular formula is C9H18N2O.